The Morgan fingerprint density at radius 3 is 2.24 bits per heavy atom. The monoisotopic (exact) mass is 433 g/mol. The zero-order valence-corrected chi connectivity index (χ0v) is 20.8. The number of carbonyl (C=O) groups excluding carboxylic acids is 2. The number of thioether (sulfide) groups is 1. The van der Waals surface area contributed by atoms with Gasteiger partial charge in [-0.15, -0.1) is 5.54 Å². The minimum atomic E-state index is -1.69. The third-order valence-corrected chi connectivity index (χ3v) is 5.98. The van der Waals surface area contributed by atoms with Crippen LogP contribution in [-0.2, 0) is 9.53 Å². The lowest BCUT2D eigenvalue weighted by Gasteiger charge is -2.25. The number of benzene rings is 1. The standard InChI is InChI=1S/C23H35NO3SSi/c1-9-19(21(25)28-23(3,4)5)20(15-16-29(6,7)8)27-22(26)24-17(2)18-13-11-10-12-14-18/h10-14,17,19-20H,9H2,1-8H3,(H,24,26)/t17-,19+,20+/m0/s1. The summed E-state index contributed by atoms with van der Waals surface area (Å²) < 4.78 is 5.49. The van der Waals surface area contributed by atoms with Gasteiger partial charge in [-0.1, -0.05) is 95.4 Å². The minimum absolute atomic E-state index is 0.0128. The number of carbonyl (C=O) groups is 2. The number of hydrogen-bond acceptors (Lipinski definition) is 4. The van der Waals surface area contributed by atoms with Gasteiger partial charge in [0.2, 0.25) is 0 Å². The molecule has 0 aliphatic heterocycles. The predicted molar refractivity (Wildman–Crippen MR) is 126 cm³/mol. The van der Waals surface area contributed by atoms with Crippen molar-refractivity contribution in [3.8, 4) is 11.5 Å². The van der Waals surface area contributed by atoms with Crippen molar-refractivity contribution < 1.29 is 14.3 Å². The van der Waals surface area contributed by atoms with Crippen molar-refractivity contribution in [3.05, 3.63) is 35.9 Å². The minimum Gasteiger partial charge on any atom is -0.432 e. The summed E-state index contributed by atoms with van der Waals surface area (Å²) in [7, 11) is -1.69. The van der Waals surface area contributed by atoms with E-state index in [-0.39, 0.29) is 15.9 Å². The normalized spacial score (nSPS) is 14.8. The summed E-state index contributed by atoms with van der Waals surface area (Å²) in [4.78, 5) is 25.5. The Bertz CT molecular complexity index is 741. The Balaban J connectivity index is 3.00. The van der Waals surface area contributed by atoms with Crippen molar-refractivity contribution in [2.45, 2.75) is 77.6 Å². The first-order chi connectivity index (χ1) is 13.3. The van der Waals surface area contributed by atoms with Crippen LogP contribution in [0.3, 0.4) is 0 Å². The van der Waals surface area contributed by atoms with Crippen molar-refractivity contribution in [2.75, 3.05) is 0 Å². The Morgan fingerprint density at radius 2 is 1.76 bits per heavy atom. The number of rotatable bonds is 6. The fourth-order valence-corrected chi connectivity index (χ4v) is 4.15. The van der Waals surface area contributed by atoms with Gasteiger partial charge in [0, 0.05) is 4.75 Å². The molecule has 0 aliphatic rings. The zero-order chi connectivity index (χ0) is 22.2. The van der Waals surface area contributed by atoms with E-state index < -0.39 is 26.2 Å². The third kappa shape index (κ3) is 10.0. The molecule has 0 unspecified atom stereocenters. The van der Waals surface area contributed by atoms with Gasteiger partial charge in [0.15, 0.2) is 11.2 Å². The molecule has 3 atom stereocenters. The summed E-state index contributed by atoms with van der Waals surface area (Å²) in [5.74, 6) is 2.66. The first-order valence-corrected chi connectivity index (χ1v) is 14.4. The quantitative estimate of drug-likeness (QED) is 0.454. The second kappa shape index (κ2) is 10.9. The molecule has 4 nitrogen and oxygen atoms in total. The van der Waals surface area contributed by atoms with E-state index in [0.29, 0.717) is 6.42 Å². The van der Waals surface area contributed by atoms with E-state index in [1.807, 2.05) is 65.0 Å². The SMILES string of the molecule is CC[C@@H](C(=O)SC(C)(C)C)[C@@H](C#C[Si](C)(C)C)OC(=O)N[C@@H](C)c1ccccc1. The Hall–Kier alpha value is -1.71. The summed E-state index contributed by atoms with van der Waals surface area (Å²) in [5.41, 5.74) is 4.25. The van der Waals surface area contributed by atoms with E-state index in [9.17, 15) is 9.59 Å². The highest BCUT2D eigenvalue weighted by atomic mass is 32.2. The van der Waals surface area contributed by atoms with E-state index in [2.05, 4.69) is 36.4 Å². The molecule has 0 saturated carbocycles. The molecule has 1 aromatic rings. The molecule has 29 heavy (non-hydrogen) atoms. The lowest BCUT2D eigenvalue weighted by Crippen LogP contribution is -2.37. The summed E-state index contributed by atoms with van der Waals surface area (Å²) in [6.45, 7) is 16.2. The molecule has 0 radical (unpaired) electrons. The molecule has 0 heterocycles. The van der Waals surface area contributed by atoms with Crippen molar-refractivity contribution in [2.24, 2.45) is 5.92 Å². The topological polar surface area (TPSA) is 55.4 Å². The molecule has 6 heteroatoms. The van der Waals surface area contributed by atoms with Gasteiger partial charge in [-0.2, -0.15) is 0 Å². The lowest BCUT2D eigenvalue weighted by atomic mass is 10.0. The van der Waals surface area contributed by atoms with Crippen LogP contribution >= 0.6 is 11.8 Å². The van der Waals surface area contributed by atoms with Gasteiger partial charge in [-0.05, 0) is 18.9 Å². The van der Waals surface area contributed by atoms with Crippen LogP contribution in [0, 0.1) is 17.4 Å². The molecule has 0 fully saturated rings. The molecule has 1 rings (SSSR count). The summed E-state index contributed by atoms with van der Waals surface area (Å²) >= 11 is 1.28. The van der Waals surface area contributed by atoms with Gasteiger partial charge < -0.3 is 10.1 Å². The Labute approximate surface area is 181 Å². The summed E-state index contributed by atoms with van der Waals surface area (Å²) in [6, 6.07) is 9.49. The van der Waals surface area contributed by atoms with E-state index in [4.69, 9.17) is 4.74 Å². The van der Waals surface area contributed by atoms with E-state index in [0.717, 1.165) is 5.56 Å². The van der Waals surface area contributed by atoms with E-state index in [1.165, 1.54) is 11.8 Å². The van der Waals surface area contributed by atoms with E-state index in [1.54, 1.807) is 0 Å². The van der Waals surface area contributed by atoms with Gasteiger partial charge in [0.1, 0.15) is 8.07 Å². The number of amides is 1. The fourth-order valence-electron chi connectivity index (χ4n) is 2.53. The Kier molecular flexibility index (Phi) is 9.51. The third-order valence-electron chi connectivity index (χ3n) is 3.97. The number of hydrogen-bond donors (Lipinski definition) is 1. The van der Waals surface area contributed by atoms with Crippen LogP contribution < -0.4 is 5.32 Å². The van der Waals surface area contributed by atoms with Gasteiger partial charge >= 0.3 is 6.09 Å². The average Bonchev–Trinajstić information content (AvgIpc) is 2.58. The van der Waals surface area contributed by atoms with Crippen LogP contribution in [0.2, 0.25) is 19.6 Å². The van der Waals surface area contributed by atoms with Crippen LogP contribution in [0.25, 0.3) is 0 Å². The molecule has 0 saturated heterocycles. The first kappa shape index (κ1) is 25.3. The molecular formula is C23H35NO3SSi. The fraction of sp³-hybridized carbons (Fsp3) is 0.565. The van der Waals surface area contributed by atoms with Crippen molar-refractivity contribution >= 4 is 31.0 Å². The zero-order valence-electron chi connectivity index (χ0n) is 19.0. The maximum absolute atomic E-state index is 12.9. The largest absolute Gasteiger partial charge is 0.432 e. The molecule has 1 N–H and O–H groups in total. The maximum atomic E-state index is 12.9. The van der Waals surface area contributed by atoms with Crippen LogP contribution in [0.4, 0.5) is 4.79 Å². The van der Waals surface area contributed by atoms with Crippen molar-refractivity contribution in [3.63, 3.8) is 0 Å². The van der Waals surface area contributed by atoms with Crippen molar-refractivity contribution in [1.82, 2.24) is 5.32 Å². The van der Waals surface area contributed by atoms with Gasteiger partial charge in [0.25, 0.3) is 0 Å². The second-order valence-corrected chi connectivity index (χ2v) is 15.8. The lowest BCUT2D eigenvalue weighted by molar-refractivity contribution is -0.116. The Morgan fingerprint density at radius 1 is 1.17 bits per heavy atom. The molecule has 0 aliphatic carbocycles. The van der Waals surface area contributed by atoms with Crippen LogP contribution in [-0.4, -0.2) is 30.1 Å². The molecule has 1 amide bonds. The number of alkyl carbamates (subject to hydrolysis) is 1. The number of ether oxygens (including phenoxy) is 1. The molecule has 0 bridgehead atoms. The van der Waals surface area contributed by atoms with Crippen molar-refractivity contribution in [1.29, 1.82) is 0 Å². The van der Waals surface area contributed by atoms with Crippen LogP contribution in [0.1, 0.15) is 52.6 Å². The molecule has 0 spiro atoms. The first-order valence-electron chi connectivity index (χ1n) is 10.1. The molecule has 1 aromatic carbocycles. The smallest absolute Gasteiger partial charge is 0.408 e. The second-order valence-electron chi connectivity index (χ2n) is 9.17. The summed E-state index contributed by atoms with van der Waals surface area (Å²) in [6.07, 6.45) is -0.741. The van der Waals surface area contributed by atoms with Crippen LogP contribution in [0.5, 0.6) is 0 Å². The van der Waals surface area contributed by atoms with Gasteiger partial charge in [0.05, 0.1) is 12.0 Å². The highest BCUT2D eigenvalue weighted by Crippen LogP contribution is 2.30. The van der Waals surface area contributed by atoms with E-state index >= 15 is 0 Å². The highest BCUT2D eigenvalue weighted by molar-refractivity contribution is 8.14. The molecule has 0 aromatic heterocycles. The van der Waals surface area contributed by atoms with Gasteiger partial charge in [-0.25, -0.2) is 4.79 Å². The summed E-state index contributed by atoms with van der Waals surface area (Å²) in [5, 5.41) is 2.87. The predicted octanol–water partition coefficient (Wildman–Crippen LogP) is 5.81. The van der Waals surface area contributed by atoms with Crippen LogP contribution in [0.15, 0.2) is 30.3 Å². The maximum Gasteiger partial charge on any atom is 0.408 e. The number of nitrogens with one attached hydrogen (secondary N) is 1. The highest BCUT2D eigenvalue weighted by Gasteiger charge is 2.32. The molecule has 160 valence electrons. The average molecular weight is 434 g/mol. The molecular weight excluding hydrogens is 398 g/mol. The van der Waals surface area contributed by atoms with Gasteiger partial charge in [-0.3, -0.25) is 4.79 Å².